The maximum Gasteiger partial charge on any atom is 0.193 e. The Morgan fingerprint density at radius 2 is 0.580 bits per heavy atom. The maximum absolute atomic E-state index is 11.4. The van der Waals surface area contributed by atoms with E-state index in [9.17, 15) is 18.3 Å². The fraction of sp³-hybridized carbons (Fsp3) is 0.143. The van der Waals surface area contributed by atoms with Crippen molar-refractivity contribution in [3.8, 4) is 33.8 Å². The largest absolute Gasteiger partial charge is 0.496 e. The average Bonchev–Trinajstić information content (AvgIpc) is 2.96. The Labute approximate surface area is 661 Å². The van der Waals surface area contributed by atoms with E-state index in [1.54, 1.807) is 36.4 Å². The van der Waals surface area contributed by atoms with Gasteiger partial charge in [-0.2, -0.15) is 0 Å². The molecular formula is C28H24Ar12O6P4. The van der Waals surface area contributed by atoms with Gasteiger partial charge in [-0.25, -0.2) is 0 Å². The van der Waals surface area contributed by atoms with Gasteiger partial charge in [0.1, 0.15) is 11.5 Å². The number of rotatable bonds is 8. The summed E-state index contributed by atoms with van der Waals surface area (Å²) in [4.78, 5) is 0. The summed E-state index contributed by atoms with van der Waals surface area (Å²) in [7, 11) is 2.77. The second kappa shape index (κ2) is 50.4. The van der Waals surface area contributed by atoms with Crippen LogP contribution in [0.15, 0.2) is 72.8 Å². The van der Waals surface area contributed by atoms with Crippen molar-refractivity contribution >= 4 is 55.1 Å². The standard InChI is InChI=1S/C14H12O4P2.C14H12O2P2.12Ar/c1-17-9-5-3-7-11(19-15)13(9)14-10(18-2)6-4-8-12(14)20-16;1-9-5-3-7-11(17-15)13(9)14-10(2)6-4-8-12(14)18-16;;;;;;;;;;;;/h3-8H,1-2H3;3-8H,1-2H3;;;;;;;;;;;;. The van der Waals surface area contributed by atoms with Crippen molar-refractivity contribution in [2.45, 2.75) is 13.8 Å². The maximum atomic E-state index is 11.4. The quantitative estimate of drug-likeness (QED) is 0.177. The van der Waals surface area contributed by atoms with Crippen molar-refractivity contribution in [3.63, 3.8) is 0 Å². The molecule has 50 heavy (non-hydrogen) atoms. The molecule has 0 atom stereocenters. The number of hydrogen-bond acceptors (Lipinski definition) is 6. The fourth-order valence-corrected chi connectivity index (χ4v) is 6.11. The molecule has 0 aliphatic rings. The molecule has 0 unspecified atom stereocenters. The van der Waals surface area contributed by atoms with Gasteiger partial charge in [0.25, 0.3) is 0 Å². The van der Waals surface area contributed by atoms with Crippen LogP contribution in [-0.2, 0) is 18.3 Å². The summed E-state index contributed by atoms with van der Waals surface area (Å²) in [6.07, 6.45) is 0. The van der Waals surface area contributed by atoms with E-state index in [2.05, 4.69) is 0 Å². The van der Waals surface area contributed by atoms with Crippen LogP contribution in [0.25, 0.3) is 22.3 Å². The summed E-state index contributed by atoms with van der Waals surface area (Å²) in [5.41, 5.74) is 5.17. The van der Waals surface area contributed by atoms with Crippen LogP contribution in [0, 0.1) is 467 Å². The Morgan fingerprint density at radius 3 is 0.800 bits per heavy atom. The minimum absolute atomic E-state index is 0. The number of aryl methyl sites for hydroxylation is 2. The summed E-state index contributed by atoms with van der Waals surface area (Å²) in [5.74, 6) is 1.11. The van der Waals surface area contributed by atoms with Gasteiger partial charge in [0, 0.05) is 475 Å². The van der Waals surface area contributed by atoms with Crippen LogP contribution >= 0.6 is 33.8 Å². The first-order valence-electron chi connectivity index (χ1n) is 11.3. The summed E-state index contributed by atoms with van der Waals surface area (Å²) in [6.45, 7) is 3.95. The van der Waals surface area contributed by atoms with E-state index in [1.807, 2.05) is 50.2 Å². The second-order valence-corrected chi connectivity index (χ2v) is 10.7. The first kappa shape index (κ1) is 85.3. The van der Waals surface area contributed by atoms with Crippen molar-refractivity contribution in [1.29, 1.82) is 0 Å². The normalized spacial score (nSPS) is 8.24. The van der Waals surface area contributed by atoms with Crippen LogP contribution in [0.1, 0.15) is 11.1 Å². The molecule has 0 aliphatic heterocycles. The molecule has 0 fully saturated rings. The topological polar surface area (TPSA) is 86.7 Å². The predicted octanol–water partition coefficient (Wildman–Crippen LogP) is 7.01. The van der Waals surface area contributed by atoms with Gasteiger partial charge in [0.05, 0.1) is 35.4 Å². The zero-order valence-corrected chi connectivity index (χ0v) is 37.5. The van der Waals surface area contributed by atoms with E-state index in [1.165, 1.54) is 14.2 Å². The van der Waals surface area contributed by atoms with Crippen molar-refractivity contribution in [2.75, 3.05) is 14.2 Å². The van der Waals surface area contributed by atoms with Crippen molar-refractivity contribution in [1.82, 2.24) is 0 Å². The molecule has 0 heterocycles. The van der Waals surface area contributed by atoms with Crippen LogP contribution in [0.3, 0.4) is 0 Å². The van der Waals surface area contributed by atoms with E-state index in [0.29, 0.717) is 33.2 Å². The van der Waals surface area contributed by atoms with E-state index in [-0.39, 0.29) is 487 Å². The minimum atomic E-state index is -0.137. The zero-order valence-electron chi connectivity index (χ0n) is 25.4. The monoisotopic (exact) mass is 1060 g/mol. The molecule has 4 aromatic rings. The van der Waals surface area contributed by atoms with Crippen molar-refractivity contribution < 1.29 is 481 Å². The summed E-state index contributed by atoms with van der Waals surface area (Å²) < 4.78 is 56.0. The molecule has 0 N–H and O–H groups in total. The first-order valence-corrected chi connectivity index (χ1v) is 14.6. The van der Waals surface area contributed by atoms with E-state index in [0.717, 1.165) is 32.9 Å². The van der Waals surface area contributed by atoms with Crippen LogP contribution < -0.4 is 30.7 Å². The summed E-state index contributed by atoms with van der Waals surface area (Å²) >= 11 is 0. The molecule has 0 bridgehead atoms. The molecule has 0 saturated heterocycles. The predicted molar refractivity (Wildman–Crippen MR) is 155 cm³/mol. The van der Waals surface area contributed by atoms with E-state index < -0.39 is 0 Å². The Morgan fingerprint density at radius 1 is 0.360 bits per heavy atom. The number of ether oxygens (including phenoxy) is 2. The van der Waals surface area contributed by atoms with Gasteiger partial charge in [0.2, 0.25) is 0 Å². The molecule has 0 amide bonds. The van der Waals surface area contributed by atoms with Crippen molar-refractivity contribution in [2.24, 2.45) is 0 Å². The van der Waals surface area contributed by atoms with E-state index >= 15 is 0 Å². The fourth-order valence-electron chi connectivity index (χ4n) is 4.14. The molecule has 0 saturated carbocycles. The van der Waals surface area contributed by atoms with Crippen LogP contribution in [0.5, 0.6) is 11.5 Å². The second-order valence-electron chi connectivity index (χ2n) is 8.01. The Balaban J connectivity index is -0.0000000647. The molecule has 22 heteroatoms. The van der Waals surface area contributed by atoms with Gasteiger partial charge in [-0.3, -0.25) is 18.3 Å². The molecule has 0 aliphatic carbocycles. The van der Waals surface area contributed by atoms with Gasteiger partial charge in [-0.05, 0) is 61.4 Å². The van der Waals surface area contributed by atoms with Crippen LogP contribution in [-0.4, -0.2) is 14.2 Å². The van der Waals surface area contributed by atoms with E-state index in [4.69, 9.17) is 9.47 Å². The van der Waals surface area contributed by atoms with Crippen molar-refractivity contribution in [3.05, 3.63) is 83.9 Å². The summed E-state index contributed by atoms with van der Waals surface area (Å²) in [6, 6.07) is 21.9. The molecule has 0 spiro atoms. The van der Waals surface area contributed by atoms with Gasteiger partial charge < -0.3 is 9.47 Å². The number of hydrogen-bond donors (Lipinski definition) is 0. The van der Waals surface area contributed by atoms with Gasteiger partial charge in [0.15, 0.2) is 33.8 Å². The van der Waals surface area contributed by atoms with Crippen LogP contribution in [0.4, 0.5) is 0 Å². The Bertz CT molecular complexity index is 1430. The first-order chi connectivity index (χ1) is 18.4. The average molecular weight is 1060 g/mol. The minimum Gasteiger partial charge on any atom is -0.496 e. The molecule has 0 radical (unpaired) electrons. The zero-order chi connectivity index (χ0) is 27.7. The summed E-state index contributed by atoms with van der Waals surface area (Å²) in [5, 5.41) is 2.57. The third kappa shape index (κ3) is 27.0. The molecule has 288 valence electrons. The molecule has 4 aromatic carbocycles. The van der Waals surface area contributed by atoms with Gasteiger partial charge in [-0.15, -0.1) is 0 Å². The molecule has 0 aromatic heterocycles. The third-order valence-corrected chi connectivity index (χ3v) is 8.12. The van der Waals surface area contributed by atoms with Gasteiger partial charge >= 0.3 is 0 Å². The van der Waals surface area contributed by atoms with Gasteiger partial charge in [-0.1, -0.05) is 36.4 Å². The molecule has 4 rings (SSSR count). The van der Waals surface area contributed by atoms with Crippen LogP contribution in [0.2, 0.25) is 0 Å². The Kier molecular flexibility index (Phi) is 86.0. The molecule has 6 nitrogen and oxygen atoms in total. The smallest absolute Gasteiger partial charge is 0.193 e. The number of methoxy groups -OCH3 is 2. The SMILES string of the molecule is COc1cccc(P=O)c1-c1c(OC)cccc1P=O.Cc1cccc(P=O)c1-c1c(C)cccc1P=O.[Ar].[Ar].[Ar].[Ar].[Ar].[Ar].[Ar].[Ar].[Ar].[Ar].[Ar].[Ar]. The number of benzene rings is 4. The Hall–Kier alpha value is 12.0. The molecular weight excluding hydrogens is 1040 g/mol. The third-order valence-electron chi connectivity index (χ3n) is 5.84.